The third kappa shape index (κ3) is 5.27. The van der Waals surface area contributed by atoms with E-state index in [0.29, 0.717) is 12.6 Å². The Balaban J connectivity index is 1.16. The van der Waals surface area contributed by atoms with Crippen LogP contribution in [0.1, 0.15) is 71.7 Å². The van der Waals surface area contributed by atoms with Crippen molar-refractivity contribution >= 4 is 5.91 Å². The average Bonchev–Trinajstić information content (AvgIpc) is 2.85. The maximum atomic E-state index is 12.9. The SMILES string of the molecule is O=C(N[C@H]1CCCc2ccccc21)c1ccc(CN2CCC(N3CCC(O)CC3)CC2)[nH]c1=O. The van der Waals surface area contributed by atoms with Crippen molar-refractivity contribution < 1.29 is 9.90 Å². The smallest absolute Gasteiger partial charge is 0.261 e. The van der Waals surface area contributed by atoms with E-state index in [9.17, 15) is 14.7 Å². The van der Waals surface area contributed by atoms with Gasteiger partial charge in [-0.2, -0.15) is 0 Å². The van der Waals surface area contributed by atoms with Crippen LogP contribution in [0.25, 0.3) is 0 Å². The molecule has 0 spiro atoms. The Bertz CT molecular complexity index is 1050. The Hall–Kier alpha value is -2.48. The minimum absolute atomic E-state index is 0.0408. The summed E-state index contributed by atoms with van der Waals surface area (Å²) in [6.07, 6.45) is 6.84. The summed E-state index contributed by atoms with van der Waals surface area (Å²) in [5, 5.41) is 12.8. The van der Waals surface area contributed by atoms with E-state index in [-0.39, 0.29) is 29.2 Å². The molecule has 3 heterocycles. The molecule has 2 aliphatic heterocycles. The van der Waals surface area contributed by atoms with Crippen molar-refractivity contribution in [3.05, 3.63) is 69.1 Å². The van der Waals surface area contributed by atoms with Gasteiger partial charge in [-0.15, -0.1) is 0 Å². The molecule has 1 atom stereocenters. The first-order valence-electron chi connectivity index (χ1n) is 12.8. The van der Waals surface area contributed by atoms with Crippen LogP contribution in [0.2, 0.25) is 0 Å². The van der Waals surface area contributed by atoms with Crippen LogP contribution in [0.5, 0.6) is 0 Å². The number of aromatic amines is 1. The highest BCUT2D eigenvalue weighted by atomic mass is 16.3. The molecule has 7 nitrogen and oxygen atoms in total. The van der Waals surface area contributed by atoms with Crippen molar-refractivity contribution in [1.82, 2.24) is 20.1 Å². The molecular weight excluding hydrogens is 428 g/mol. The van der Waals surface area contributed by atoms with Crippen LogP contribution >= 0.6 is 0 Å². The minimum Gasteiger partial charge on any atom is -0.393 e. The second-order valence-electron chi connectivity index (χ2n) is 10.1. The average molecular weight is 465 g/mol. The van der Waals surface area contributed by atoms with Crippen LogP contribution in [0, 0.1) is 0 Å². The van der Waals surface area contributed by atoms with Gasteiger partial charge in [0, 0.05) is 44.5 Å². The first-order chi connectivity index (χ1) is 16.6. The summed E-state index contributed by atoms with van der Waals surface area (Å²) < 4.78 is 0. The molecule has 182 valence electrons. The van der Waals surface area contributed by atoms with Gasteiger partial charge in [-0.05, 0) is 68.2 Å². The van der Waals surface area contributed by atoms with E-state index in [0.717, 1.165) is 76.8 Å². The molecule has 34 heavy (non-hydrogen) atoms. The number of rotatable bonds is 5. The Morgan fingerprint density at radius 2 is 1.76 bits per heavy atom. The number of benzene rings is 1. The molecular formula is C27H36N4O3. The molecule has 7 heteroatoms. The molecule has 2 aromatic rings. The lowest BCUT2D eigenvalue weighted by molar-refractivity contribution is 0.0373. The van der Waals surface area contributed by atoms with Crippen molar-refractivity contribution in [2.45, 2.75) is 69.7 Å². The number of aliphatic hydroxyl groups is 1. The number of hydrogen-bond acceptors (Lipinski definition) is 5. The molecule has 1 amide bonds. The number of hydrogen-bond donors (Lipinski definition) is 3. The van der Waals surface area contributed by atoms with Gasteiger partial charge in [0.15, 0.2) is 0 Å². The molecule has 3 N–H and O–H groups in total. The number of piperidine rings is 2. The van der Waals surface area contributed by atoms with E-state index in [2.05, 4.69) is 32.2 Å². The monoisotopic (exact) mass is 464 g/mol. The molecule has 0 radical (unpaired) electrons. The van der Waals surface area contributed by atoms with Crippen molar-refractivity contribution in [2.24, 2.45) is 0 Å². The highest BCUT2D eigenvalue weighted by molar-refractivity contribution is 5.94. The van der Waals surface area contributed by atoms with Crippen LogP contribution < -0.4 is 10.9 Å². The largest absolute Gasteiger partial charge is 0.393 e. The number of H-pyrrole nitrogens is 1. The van der Waals surface area contributed by atoms with E-state index >= 15 is 0 Å². The molecule has 0 unspecified atom stereocenters. The highest BCUT2D eigenvalue weighted by Crippen LogP contribution is 2.29. The first-order valence-corrected chi connectivity index (χ1v) is 12.8. The van der Waals surface area contributed by atoms with Crippen molar-refractivity contribution in [3.63, 3.8) is 0 Å². The number of carbonyl (C=O) groups excluding carboxylic acids is 1. The summed E-state index contributed by atoms with van der Waals surface area (Å²) in [5.41, 5.74) is 3.16. The zero-order valence-corrected chi connectivity index (χ0v) is 19.8. The number of aryl methyl sites for hydroxylation is 1. The normalized spacial score (nSPS) is 22.9. The number of likely N-dealkylation sites (tertiary alicyclic amines) is 2. The van der Waals surface area contributed by atoms with Gasteiger partial charge in [-0.25, -0.2) is 0 Å². The summed E-state index contributed by atoms with van der Waals surface area (Å²) in [5.74, 6) is -0.304. The zero-order chi connectivity index (χ0) is 23.5. The number of aliphatic hydroxyl groups excluding tert-OH is 1. The molecule has 2 saturated heterocycles. The number of nitrogens with one attached hydrogen (secondary N) is 2. The van der Waals surface area contributed by atoms with Gasteiger partial charge in [0.05, 0.1) is 12.1 Å². The molecule has 0 saturated carbocycles. The second kappa shape index (κ2) is 10.4. The van der Waals surface area contributed by atoms with E-state index < -0.39 is 0 Å². The predicted molar refractivity (Wildman–Crippen MR) is 132 cm³/mol. The molecule has 1 aromatic carbocycles. The summed E-state index contributed by atoms with van der Waals surface area (Å²) in [7, 11) is 0. The number of fused-ring (bicyclic) bond motifs is 1. The van der Waals surface area contributed by atoms with Gasteiger partial charge < -0.3 is 20.3 Å². The number of nitrogens with zero attached hydrogens (tertiary/aromatic N) is 2. The van der Waals surface area contributed by atoms with E-state index in [4.69, 9.17) is 0 Å². The molecule has 1 aliphatic carbocycles. The van der Waals surface area contributed by atoms with Crippen molar-refractivity contribution in [2.75, 3.05) is 26.2 Å². The fourth-order valence-corrected chi connectivity index (χ4v) is 5.86. The molecule has 2 fully saturated rings. The van der Waals surface area contributed by atoms with E-state index in [1.165, 1.54) is 11.1 Å². The van der Waals surface area contributed by atoms with E-state index in [1.54, 1.807) is 6.07 Å². The minimum atomic E-state index is -0.319. The predicted octanol–water partition coefficient (Wildman–Crippen LogP) is 2.60. The van der Waals surface area contributed by atoms with Gasteiger partial charge in [-0.3, -0.25) is 14.5 Å². The van der Waals surface area contributed by atoms with Crippen LogP contribution in [0.4, 0.5) is 0 Å². The summed E-state index contributed by atoms with van der Waals surface area (Å²) in [4.78, 5) is 33.5. The summed E-state index contributed by atoms with van der Waals surface area (Å²) in [6.45, 7) is 4.67. The topological polar surface area (TPSA) is 88.7 Å². The third-order valence-corrected chi connectivity index (χ3v) is 7.86. The Labute approximate surface area is 201 Å². The number of pyridine rings is 1. The molecule has 5 rings (SSSR count). The second-order valence-corrected chi connectivity index (χ2v) is 10.1. The number of carbonyl (C=O) groups is 1. The fourth-order valence-electron chi connectivity index (χ4n) is 5.86. The molecule has 3 aliphatic rings. The van der Waals surface area contributed by atoms with Crippen LogP contribution in [0.3, 0.4) is 0 Å². The van der Waals surface area contributed by atoms with E-state index in [1.807, 2.05) is 18.2 Å². The first kappa shape index (κ1) is 23.3. The van der Waals surface area contributed by atoms with Gasteiger partial charge >= 0.3 is 0 Å². The maximum absolute atomic E-state index is 12.9. The highest BCUT2D eigenvalue weighted by Gasteiger charge is 2.28. The van der Waals surface area contributed by atoms with Crippen molar-refractivity contribution in [1.29, 1.82) is 0 Å². The number of aromatic nitrogens is 1. The van der Waals surface area contributed by atoms with Crippen LogP contribution in [-0.2, 0) is 13.0 Å². The lowest BCUT2D eigenvalue weighted by atomic mass is 9.87. The summed E-state index contributed by atoms with van der Waals surface area (Å²) >= 11 is 0. The Kier molecular flexibility index (Phi) is 7.13. The summed E-state index contributed by atoms with van der Waals surface area (Å²) in [6, 6.07) is 12.3. The van der Waals surface area contributed by atoms with Gasteiger partial charge in [0.25, 0.3) is 11.5 Å². The quantitative estimate of drug-likeness (QED) is 0.633. The zero-order valence-electron chi connectivity index (χ0n) is 19.8. The van der Waals surface area contributed by atoms with Crippen LogP contribution in [0.15, 0.2) is 41.2 Å². The van der Waals surface area contributed by atoms with Crippen molar-refractivity contribution in [3.8, 4) is 0 Å². The van der Waals surface area contributed by atoms with Gasteiger partial charge in [0.1, 0.15) is 5.56 Å². The fraction of sp³-hybridized carbons (Fsp3) is 0.556. The molecule has 0 bridgehead atoms. The number of amides is 1. The lowest BCUT2D eigenvalue weighted by Gasteiger charge is -2.41. The van der Waals surface area contributed by atoms with Gasteiger partial charge in [0.2, 0.25) is 0 Å². The molecule has 1 aromatic heterocycles. The van der Waals surface area contributed by atoms with Gasteiger partial charge in [-0.1, -0.05) is 24.3 Å². The lowest BCUT2D eigenvalue weighted by Crippen LogP contribution is -2.48. The Morgan fingerprint density at radius 3 is 2.53 bits per heavy atom. The van der Waals surface area contributed by atoms with Crippen LogP contribution in [-0.4, -0.2) is 64.1 Å². The third-order valence-electron chi connectivity index (χ3n) is 7.86. The Morgan fingerprint density at radius 1 is 1.00 bits per heavy atom. The standard InChI is InChI=1S/C27H36N4O3/c32-22-12-16-31(17-13-22)21-10-14-30(15-11-21)18-20-8-9-24(26(33)28-20)27(34)29-25-7-3-5-19-4-1-2-6-23(19)25/h1-2,4,6,8-9,21-22,25,32H,3,5,7,10-18H2,(H,28,33)(H,29,34)/t25-/m0/s1. The maximum Gasteiger partial charge on any atom is 0.261 e.